The van der Waals surface area contributed by atoms with Gasteiger partial charge in [0.15, 0.2) is 11.6 Å². The molecule has 9 heteroatoms. The number of carbonyl (C=O) groups is 1. The molecule has 1 aliphatic carbocycles. The van der Waals surface area contributed by atoms with Crippen molar-refractivity contribution in [2.24, 2.45) is 0 Å². The first-order valence-corrected chi connectivity index (χ1v) is 11.6. The molecule has 0 atom stereocenters. The lowest BCUT2D eigenvalue weighted by Gasteiger charge is -2.26. The van der Waals surface area contributed by atoms with Crippen LogP contribution in [0.1, 0.15) is 87.2 Å². The van der Waals surface area contributed by atoms with E-state index in [2.05, 4.69) is 37.0 Å². The summed E-state index contributed by atoms with van der Waals surface area (Å²) < 4.78 is 13.0. The molecule has 33 heavy (non-hydrogen) atoms. The molecule has 174 valence electrons. The van der Waals surface area contributed by atoms with Gasteiger partial charge in [0.05, 0.1) is 18.8 Å². The fraction of sp³-hybridized carbons (Fsp3) is 0.542. The second-order valence-corrected chi connectivity index (χ2v) is 10.00. The van der Waals surface area contributed by atoms with Crippen molar-refractivity contribution in [2.75, 3.05) is 0 Å². The molecule has 1 aromatic carbocycles. The van der Waals surface area contributed by atoms with Crippen molar-refractivity contribution < 1.29 is 14.1 Å². The van der Waals surface area contributed by atoms with E-state index in [0.29, 0.717) is 24.9 Å². The highest BCUT2D eigenvalue weighted by molar-refractivity contribution is 5.68. The molecular weight excluding hydrogens is 420 g/mol. The van der Waals surface area contributed by atoms with Gasteiger partial charge in [-0.25, -0.2) is 4.79 Å². The number of aromatic nitrogens is 5. The average molecular weight is 451 g/mol. The Labute approximate surface area is 193 Å². The number of benzene rings is 1. The molecule has 0 bridgehead atoms. The minimum Gasteiger partial charge on any atom is -0.444 e. The van der Waals surface area contributed by atoms with Crippen molar-refractivity contribution >= 4 is 6.09 Å². The van der Waals surface area contributed by atoms with E-state index in [9.17, 15) is 4.79 Å². The molecule has 1 fully saturated rings. The normalized spacial score (nSPS) is 20.7. The zero-order valence-electron chi connectivity index (χ0n) is 19.6. The summed E-state index contributed by atoms with van der Waals surface area (Å²) in [6.07, 6.45) is 3.59. The third-order valence-corrected chi connectivity index (χ3v) is 6.33. The molecule has 5 rings (SSSR count). The van der Waals surface area contributed by atoms with Crippen LogP contribution in [0.2, 0.25) is 0 Å². The first kappa shape index (κ1) is 21.6. The number of hydrogen-bond donors (Lipinski definition) is 0. The van der Waals surface area contributed by atoms with E-state index in [1.807, 2.05) is 39.8 Å². The standard InChI is InChI=1S/C24H30N6O3/c1-15-25-21(28-33-15)16-9-11-17(12-10-16)22-27-26-20-14-29(23(31)32-24(2,3)4)13-18-7-5-6-8-19(18)30(20)22/h5-8,16-17H,9-14H2,1-4H3. The predicted molar refractivity (Wildman–Crippen MR) is 120 cm³/mol. The quantitative estimate of drug-likeness (QED) is 0.560. The molecule has 1 aliphatic heterocycles. The topological polar surface area (TPSA) is 99.2 Å². The van der Waals surface area contributed by atoms with Crippen molar-refractivity contribution in [3.63, 3.8) is 0 Å². The Morgan fingerprint density at radius 1 is 1.06 bits per heavy atom. The number of amides is 1. The van der Waals surface area contributed by atoms with Gasteiger partial charge in [0.2, 0.25) is 5.89 Å². The van der Waals surface area contributed by atoms with Crippen LogP contribution in [0.3, 0.4) is 0 Å². The van der Waals surface area contributed by atoms with Crippen molar-refractivity contribution in [3.05, 3.63) is 53.2 Å². The number of fused-ring (bicyclic) bond motifs is 3. The van der Waals surface area contributed by atoms with E-state index in [0.717, 1.165) is 54.4 Å². The third kappa shape index (κ3) is 4.36. The Morgan fingerprint density at radius 3 is 2.48 bits per heavy atom. The number of rotatable bonds is 2. The average Bonchev–Trinajstić information content (AvgIpc) is 3.35. The van der Waals surface area contributed by atoms with E-state index < -0.39 is 5.60 Å². The van der Waals surface area contributed by atoms with Crippen LogP contribution in [0.25, 0.3) is 5.69 Å². The summed E-state index contributed by atoms with van der Waals surface area (Å²) in [7, 11) is 0. The van der Waals surface area contributed by atoms with E-state index in [1.165, 1.54) is 0 Å². The minimum absolute atomic E-state index is 0.289. The summed E-state index contributed by atoms with van der Waals surface area (Å²) in [5, 5.41) is 13.3. The number of ether oxygens (including phenoxy) is 1. The summed E-state index contributed by atoms with van der Waals surface area (Å²) in [5.74, 6) is 3.75. The van der Waals surface area contributed by atoms with E-state index >= 15 is 0 Å². The fourth-order valence-electron chi connectivity index (χ4n) is 4.80. The van der Waals surface area contributed by atoms with Gasteiger partial charge in [-0.1, -0.05) is 23.4 Å². The number of hydrogen-bond acceptors (Lipinski definition) is 7. The van der Waals surface area contributed by atoms with E-state index in [-0.39, 0.29) is 12.0 Å². The fourth-order valence-corrected chi connectivity index (χ4v) is 4.80. The maximum absolute atomic E-state index is 12.9. The molecule has 3 aromatic rings. The highest BCUT2D eigenvalue weighted by Crippen LogP contribution is 2.40. The maximum Gasteiger partial charge on any atom is 0.411 e. The zero-order valence-corrected chi connectivity index (χ0v) is 19.6. The van der Waals surface area contributed by atoms with Crippen LogP contribution in [-0.2, 0) is 17.8 Å². The zero-order chi connectivity index (χ0) is 23.2. The Balaban J connectivity index is 1.42. The number of nitrogens with zero attached hydrogens (tertiary/aromatic N) is 6. The summed E-state index contributed by atoms with van der Waals surface area (Å²) in [6, 6.07) is 8.16. The van der Waals surface area contributed by atoms with Gasteiger partial charge in [-0.05, 0) is 58.1 Å². The van der Waals surface area contributed by atoms with Crippen molar-refractivity contribution in [3.8, 4) is 5.69 Å². The molecule has 2 aliphatic rings. The number of aryl methyl sites for hydroxylation is 1. The van der Waals surface area contributed by atoms with Crippen LogP contribution in [0.5, 0.6) is 0 Å². The summed E-state index contributed by atoms with van der Waals surface area (Å²) in [5.41, 5.74) is 1.53. The lowest BCUT2D eigenvalue weighted by molar-refractivity contribution is 0.0214. The highest BCUT2D eigenvalue weighted by Gasteiger charge is 2.33. The number of para-hydroxylation sites is 1. The Kier molecular flexibility index (Phi) is 5.42. The molecule has 1 saturated carbocycles. The van der Waals surface area contributed by atoms with Gasteiger partial charge in [-0.3, -0.25) is 9.47 Å². The smallest absolute Gasteiger partial charge is 0.411 e. The van der Waals surface area contributed by atoms with Gasteiger partial charge in [0, 0.05) is 18.8 Å². The van der Waals surface area contributed by atoms with Crippen molar-refractivity contribution in [2.45, 2.75) is 83.9 Å². The van der Waals surface area contributed by atoms with Gasteiger partial charge in [-0.2, -0.15) is 4.98 Å². The van der Waals surface area contributed by atoms with Crippen LogP contribution in [0.15, 0.2) is 28.8 Å². The van der Waals surface area contributed by atoms with E-state index in [1.54, 1.807) is 4.90 Å². The molecule has 2 aromatic heterocycles. The van der Waals surface area contributed by atoms with Gasteiger partial charge in [0.25, 0.3) is 0 Å². The third-order valence-electron chi connectivity index (χ3n) is 6.33. The first-order chi connectivity index (χ1) is 15.8. The maximum atomic E-state index is 12.9. The van der Waals surface area contributed by atoms with Crippen LogP contribution >= 0.6 is 0 Å². The number of carbonyl (C=O) groups excluding carboxylic acids is 1. The largest absolute Gasteiger partial charge is 0.444 e. The SMILES string of the molecule is Cc1nc(C2CCC(c3nnc4n3-c3ccccc3CN(C(=O)OC(C)(C)C)C4)CC2)no1. The van der Waals surface area contributed by atoms with Gasteiger partial charge >= 0.3 is 6.09 Å². The summed E-state index contributed by atoms with van der Waals surface area (Å²) in [6.45, 7) is 8.29. The Bertz CT molecular complexity index is 1150. The van der Waals surface area contributed by atoms with E-state index in [4.69, 9.17) is 9.26 Å². The van der Waals surface area contributed by atoms with Gasteiger partial charge in [0.1, 0.15) is 11.4 Å². The second-order valence-electron chi connectivity index (χ2n) is 10.00. The minimum atomic E-state index is -0.558. The predicted octanol–water partition coefficient (Wildman–Crippen LogP) is 4.65. The van der Waals surface area contributed by atoms with Crippen LogP contribution in [0, 0.1) is 6.92 Å². The Morgan fingerprint density at radius 2 is 1.79 bits per heavy atom. The monoisotopic (exact) mass is 450 g/mol. The van der Waals surface area contributed by atoms with Gasteiger partial charge < -0.3 is 9.26 Å². The van der Waals surface area contributed by atoms with Crippen LogP contribution in [0.4, 0.5) is 4.79 Å². The van der Waals surface area contributed by atoms with Crippen molar-refractivity contribution in [1.82, 2.24) is 29.8 Å². The second kappa shape index (κ2) is 8.28. The molecule has 9 nitrogen and oxygen atoms in total. The summed E-state index contributed by atoms with van der Waals surface area (Å²) in [4.78, 5) is 19.0. The highest BCUT2D eigenvalue weighted by atomic mass is 16.6. The lowest BCUT2D eigenvalue weighted by atomic mass is 9.81. The van der Waals surface area contributed by atoms with Gasteiger partial charge in [-0.15, -0.1) is 10.2 Å². The molecule has 0 saturated heterocycles. The van der Waals surface area contributed by atoms with Crippen LogP contribution < -0.4 is 0 Å². The Hall–Kier alpha value is -3.23. The molecule has 0 spiro atoms. The van der Waals surface area contributed by atoms with Crippen molar-refractivity contribution in [1.29, 1.82) is 0 Å². The molecule has 0 unspecified atom stereocenters. The lowest BCUT2D eigenvalue weighted by Crippen LogP contribution is -2.35. The molecule has 0 N–H and O–H groups in total. The summed E-state index contributed by atoms with van der Waals surface area (Å²) >= 11 is 0. The molecule has 3 heterocycles. The van der Waals surface area contributed by atoms with Crippen LogP contribution in [-0.4, -0.2) is 41.5 Å². The molecule has 1 amide bonds. The molecule has 0 radical (unpaired) electrons. The molecular formula is C24H30N6O3. The first-order valence-electron chi connectivity index (χ1n) is 11.6.